The quantitative estimate of drug-likeness (QED) is 0.216. The summed E-state index contributed by atoms with van der Waals surface area (Å²) in [6, 6.07) is 0.574. The number of nitrogens with zero attached hydrogens (tertiary/aromatic N) is 1. The van der Waals surface area contributed by atoms with Gasteiger partial charge in [-0.15, -0.1) is 0 Å². The number of hydrazine groups is 1. The SMILES string of the molecule is CN=C(NN)NC1CCCC1. The molecule has 0 radical (unpaired) electrons. The van der Waals surface area contributed by atoms with Gasteiger partial charge in [0.05, 0.1) is 0 Å². The van der Waals surface area contributed by atoms with Crippen LogP contribution in [0.3, 0.4) is 0 Å². The second-order valence-electron chi connectivity index (χ2n) is 2.84. The second kappa shape index (κ2) is 4.18. The van der Waals surface area contributed by atoms with Crippen LogP contribution in [-0.4, -0.2) is 19.0 Å². The zero-order valence-electron chi connectivity index (χ0n) is 6.93. The first kappa shape index (κ1) is 8.33. The van der Waals surface area contributed by atoms with Gasteiger partial charge in [0, 0.05) is 13.1 Å². The molecule has 0 bridgehead atoms. The molecule has 11 heavy (non-hydrogen) atoms. The van der Waals surface area contributed by atoms with Gasteiger partial charge in [0.15, 0.2) is 0 Å². The molecule has 0 aromatic heterocycles. The molecular formula is C7H16N4. The van der Waals surface area contributed by atoms with Crippen molar-refractivity contribution in [3.8, 4) is 0 Å². The largest absolute Gasteiger partial charge is 0.353 e. The molecule has 0 aromatic carbocycles. The van der Waals surface area contributed by atoms with Crippen molar-refractivity contribution in [3.05, 3.63) is 0 Å². The van der Waals surface area contributed by atoms with Gasteiger partial charge in [0.2, 0.25) is 5.96 Å². The van der Waals surface area contributed by atoms with Crippen LogP contribution in [0, 0.1) is 0 Å². The van der Waals surface area contributed by atoms with Gasteiger partial charge in [-0.05, 0) is 12.8 Å². The van der Waals surface area contributed by atoms with Crippen molar-refractivity contribution in [2.75, 3.05) is 7.05 Å². The van der Waals surface area contributed by atoms with E-state index < -0.39 is 0 Å². The Labute approximate surface area is 67.2 Å². The third-order valence-electron chi connectivity index (χ3n) is 2.06. The monoisotopic (exact) mass is 156 g/mol. The number of nitrogens with two attached hydrogens (primary N) is 1. The Kier molecular flexibility index (Phi) is 3.16. The van der Waals surface area contributed by atoms with Crippen LogP contribution in [0.2, 0.25) is 0 Å². The van der Waals surface area contributed by atoms with E-state index in [-0.39, 0.29) is 0 Å². The molecule has 1 saturated carbocycles. The molecule has 1 rings (SSSR count). The van der Waals surface area contributed by atoms with Gasteiger partial charge in [-0.3, -0.25) is 10.4 Å². The van der Waals surface area contributed by atoms with Crippen molar-refractivity contribution in [1.82, 2.24) is 10.7 Å². The second-order valence-corrected chi connectivity index (χ2v) is 2.84. The lowest BCUT2D eigenvalue weighted by atomic mass is 10.2. The van der Waals surface area contributed by atoms with Gasteiger partial charge in [0.1, 0.15) is 0 Å². The van der Waals surface area contributed by atoms with Crippen LogP contribution in [0.5, 0.6) is 0 Å². The fraction of sp³-hybridized carbons (Fsp3) is 0.857. The number of rotatable bonds is 1. The zero-order chi connectivity index (χ0) is 8.10. The van der Waals surface area contributed by atoms with E-state index in [0.29, 0.717) is 12.0 Å². The summed E-state index contributed by atoms with van der Waals surface area (Å²) >= 11 is 0. The van der Waals surface area contributed by atoms with Gasteiger partial charge in [-0.1, -0.05) is 12.8 Å². The fourth-order valence-corrected chi connectivity index (χ4v) is 1.43. The van der Waals surface area contributed by atoms with E-state index in [4.69, 9.17) is 5.84 Å². The molecule has 64 valence electrons. The summed E-state index contributed by atoms with van der Waals surface area (Å²) in [5.74, 6) is 5.91. The fourth-order valence-electron chi connectivity index (χ4n) is 1.43. The number of aliphatic imine (C=N–C) groups is 1. The first-order valence-electron chi connectivity index (χ1n) is 4.06. The lowest BCUT2D eigenvalue weighted by Crippen LogP contribution is -2.45. The van der Waals surface area contributed by atoms with Crippen LogP contribution in [0.1, 0.15) is 25.7 Å². The molecular weight excluding hydrogens is 140 g/mol. The van der Waals surface area contributed by atoms with Crippen LogP contribution in [0.25, 0.3) is 0 Å². The van der Waals surface area contributed by atoms with Crippen molar-refractivity contribution < 1.29 is 0 Å². The minimum absolute atomic E-state index is 0.574. The van der Waals surface area contributed by atoms with Crippen molar-refractivity contribution in [1.29, 1.82) is 0 Å². The van der Waals surface area contributed by atoms with E-state index in [1.807, 2.05) is 0 Å². The van der Waals surface area contributed by atoms with E-state index in [0.717, 1.165) is 0 Å². The van der Waals surface area contributed by atoms with Crippen LogP contribution in [0.4, 0.5) is 0 Å². The number of hydrogen-bond acceptors (Lipinski definition) is 2. The standard InChI is InChI=1S/C7H16N4/c1-9-7(11-8)10-6-4-2-3-5-6/h6H,2-5,8H2,1H3,(H2,9,10,11). The van der Waals surface area contributed by atoms with Crippen LogP contribution < -0.4 is 16.6 Å². The van der Waals surface area contributed by atoms with Gasteiger partial charge in [-0.2, -0.15) is 0 Å². The van der Waals surface area contributed by atoms with E-state index in [1.54, 1.807) is 7.05 Å². The minimum Gasteiger partial charge on any atom is -0.353 e. The van der Waals surface area contributed by atoms with Crippen LogP contribution in [-0.2, 0) is 0 Å². The molecule has 1 aliphatic rings. The Morgan fingerprint density at radius 2 is 2.09 bits per heavy atom. The van der Waals surface area contributed by atoms with Crippen molar-refractivity contribution in [2.45, 2.75) is 31.7 Å². The normalized spacial score (nSPS) is 20.4. The maximum atomic E-state index is 5.22. The Morgan fingerprint density at radius 3 is 2.55 bits per heavy atom. The van der Waals surface area contributed by atoms with Gasteiger partial charge >= 0.3 is 0 Å². The maximum absolute atomic E-state index is 5.22. The molecule has 0 aromatic rings. The summed E-state index contributed by atoms with van der Waals surface area (Å²) in [7, 11) is 1.72. The lowest BCUT2D eigenvalue weighted by molar-refractivity contribution is 0.616. The molecule has 0 saturated heterocycles. The van der Waals surface area contributed by atoms with Crippen molar-refractivity contribution >= 4 is 5.96 Å². The zero-order valence-corrected chi connectivity index (χ0v) is 6.93. The third kappa shape index (κ3) is 2.38. The van der Waals surface area contributed by atoms with E-state index in [9.17, 15) is 0 Å². The summed E-state index contributed by atoms with van der Waals surface area (Å²) in [4.78, 5) is 3.94. The van der Waals surface area contributed by atoms with Gasteiger partial charge < -0.3 is 5.32 Å². The molecule has 4 nitrogen and oxygen atoms in total. The molecule has 1 aliphatic carbocycles. The van der Waals surface area contributed by atoms with Crippen LogP contribution in [0.15, 0.2) is 4.99 Å². The van der Waals surface area contributed by atoms with Crippen molar-refractivity contribution in [2.24, 2.45) is 10.8 Å². The molecule has 4 heteroatoms. The smallest absolute Gasteiger partial charge is 0.205 e. The predicted octanol–water partition coefficient (Wildman–Crippen LogP) is -0.0323. The summed E-state index contributed by atoms with van der Waals surface area (Å²) in [5, 5.41) is 3.23. The topological polar surface area (TPSA) is 62.4 Å². The number of nitrogens with one attached hydrogen (secondary N) is 2. The average Bonchev–Trinajstić information content (AvgIpc) is 2.52. The average molecular weight is 156 g/mol. The van der Waals surface area contributed by atoms with Crippen LogP contribution >= 0.6 is 0 Å². The Morgan fingerprint density at radius 1 is 1.45 bits per heavy atom. The highest BCUT2D eigenvalue weighted by Crippen LogP contribution is 2.17. The summed E-state index contributed by atoms with van der Waals surface area (Å²) in [5.41, 5.74) is 2.52. The first-order valence-corrected chi connectivity index (χ1v) is 4.06. The number of hydrogen-bond donors (Lipinski definition) is 3. The maximum Gasteiger partial charge on any atom is 0.205 e. The Bertz CT molecular complexity index is 137. The lowest BCUT2D eigenvalue weighted by Gasteiger charge is -2.13. The molecule has 0 spiro atoms. The molecule has 4 N–H and O–H groups in total. The Hall–Kier alpha value is -0.770. The van der Waals surface area contributed by atoms with E-state index in [2.05, 4.69) is 15.7 Å². The van der Waals surface area contributed by atoms with Crippen molar-refractivity contribution in [3.63, 3.8) is 0 Å². The minimum atomic E-state index is 0.574. The molecule has 0 atom stereocenters. The molecule has 0 heterocycles. The third-order valence-corrected chi connectivity index (χ3v) is 2.06. The Balaban J connectivity index is 2.27. The van der Waals surface area contributed by atoms with Gasteiger partial charge in [0.25, 0.3) is 0 Å². The summed E-state index contributed by atoms with van der Waals surface area (Å²) in [6.45, 7) is 0. The molecule has 0 unspecified atom stereocenters. The highest BCUT2D eigenvalue weighted by molar-refractivity contribution is 5.79. The molecule has 0 aliphatic heterocycles. The molecule has 0 amide bonds. The first-order chi connectivity index (χ1) is 5.36. The highest BCUT2D eigenvalue weighted by atomic mass is 15.3. The summed E-state index contributed by atoms with van der Waals surface area (Å²) < 4.78 is 0. The van der Waals surface area contributed by atoms with Gasteiger partial charge in [-0.25, -0.2) is 5.84 Å². The highest BCUT2D eigenvalue weighted by Gasteiger charge is 2.14. The van der Waals surface area contributed by atoms with E-state index >= 15 is 0 Å². The van der Waals surface area contributed by atoms with E-state index in [1.165, 1.54) is 25.7 Å². The summed E-state index contributed by atoms with van der Waals surface area (Å²) in [6.07, 6.45) is 5.11. The predicted molar refractivity (Wildman–Crippen MR) is 46.1 cm³/mol. The number of guanidine groups is 1. The molecule has 1 fully saturated rings.